The molecule has 1 heterocycles. The summed E-state index contributed by atoms with van der Waals surface area (Å²) in [6.07, 6.45) is 3.37. The summed E-state index contributed by atoms with van der Waals surface area (Å²) in [5, 5.41) is 3.33. The lowest BCUT2D eigenvalue weighted by Crippen LogP contribution is -2.29. The lowest BCUT2D eigenvalue weighted by atomic mass is 10.1. The van der Waals surface area contributed by atoms with Crippen molar-refractivity contribution in [3.8, 4) is 0 Å². The first kappa shape index (κ1) is 14.3. The standard InChI is InChI=1S/C14H25NO2/c1-11(2)8-12(3)17-13(4)9-15-10-14-6-5-7-16-14/h5-7,11-13,15H,8-10H2,1-4H3. The van der Waals surface area contributed by atoms with Crippen LogP contribution >= 0.6 is 0 Å². The highest BCUT2D eigenvalue weighted by molar-refractivity contribution is 4.97. The first-order valence-electron chi connectivity index (χ1n) is 6.46. The Balaban J connectivity index is 2.10. The third-order valence-electron chi connectivity index (χ3n) is 2.58. The van der Waals surface area contributed by atoms with E-state index >= 15 is 0 Å². The molecule has 0 saturated heterocycles. The lowest BCUT2D eigenvalue weighted by molar-refractivity contribution is -0.00133. The van der Waals surface area contributed by atoms with Crippen molar-refractivity contribution in [3.05, 3.63) is 24.2 Å². The number of furan rings is 1. The van der Waals surface area contributed by atoms with Gasteiger partial charge < -0.3 is 14.5 Å². The first-order chi connectivity index (χ1) is 8.08. The molecule has 0 fully saturated rings. The molecule has 17 heavy (non-hydrogen) atoms. The van der Waals surface area contributed by atoms with E-state index in [0.29, 0.717) is 12.0 Å². The summed E-state index contributed by atoms with van der Waals surface area (Å²) >= 11 is 0. The molecule has 0 aliphatic heterocycles. The average molecular weight is 239 g/mol. The molecular formula is C14H25NO2. The Morgan fingerprint density at radius 3 is 2.59 bits per heavy atom. The van der Waals surface area contributed by atoms with Crippen LogP contribution in [0, 0.1) is 5.92 Å². The molecule has 1 rings (SSSR count). The van der Waals surface area contributed by atoms with E-state index in [1.54, 1.807) is 6.26 Å². The predicted molar refractivity (Wildman–Crippen MR) is 69.9 cm³/mol. The van der Waals surface area contributed by atoms with Gasteiger partial charge in [0.1, 0.15) is 5.76 Å². The monoisotopic (exact) mass is 239 g/mol. The van der Waals surface area contributed by atoms with Crippen molar-refractivity contribution < 1.29 is 9.15 Å². The largest absolute Gasteiger partial charge is 0.468 e. The summed E-state index contributed by atoms with van der Waals surface area (Å²) in [6.45, 7) is 10.3. The molecule has 0 aliphatic rings. The molecule has 1 aromatic heterocycles. The molecule has 1 aromatic rings. The number of hydrogen-bond donors (Lipinski definition) is 1. The fourth-order valence-corrected chi connectivity index (χ4v) is 1.98. The van der Waals surface area contributed by atoms with E-state index in [0.717, 1.165) is 25.3 Å². The third kappa shape index (κ3) is 6.49. The van der Waals surface area contributed by atoms with Gasteiger partial charge in [-0.1, -0.05) is 13.8 Å². The highest BCUT2D eigenvalue weighted by atomic mass is 16.5. The summed E-state index contributed by atoms with van der Waals surface area (Å²) in [4.78, 5) is 0. The Bertz CT molecular complexity index is 282. The van der Waals surface area contributed by atoms with Crippen LogP contribution in [0.3, 0.4) is 0 Å². The van der Waals surface area contributed by atoms with Gasteiger partial charge in [-0.3, -0.25) is 0 Å². The molecule has 98 valence electrons. The van der Waals surface area contributed by atoms with Crippen LogP contribution in [0.5, 0.6) is 0 Å². The van der Waals surface area contributed by atoms with Gasteiger partial charge in [-0.05, 0) is 38.3 Å². The number of rotatable bonds is 8. The molecule has 1 N–H and O–H groups in total. The molecule has 0 amide bonds. The van der Waals surface area contributed by atoms with Gasteiger partial charge in [0.05, 0.1) is 25.0 Å². The van der Waals surface area contributed by atoms with Gasteiger partial charge in [0.2, 0.25) is 0 Å². The second kappa shape index (κ2) is 7.51. The Labute approximate surface area is 105 Å². The Kier molecular flexibility index (Phi) is 6.30. The molecule has 0 aliphatic carbocycles. The second-order valence-corrected chi connectivity index (χ2v) is 5.10. The van der Waals surface area contributed by atoms with Gasteiger partial charge in [0.25, 0.3) is 0 Å². The fraction of sp³-hybridized carbons (Fsp3) is 0.714. The van der Waals surface area contributed by atoms with Crippen molar-refractivity contribution >= 4 is 0 Å². The lowest BCUT2D eigenvalue weighted by Gasteiger charge is -2.20. The van der Waals surface area contributed by atoms with Gasteiger partial charge in [0, 0.05) is 6.54 Å². The van der Waals surface area contributed by atoms with Crippen LogP contribution in [0.4, 0.5) is 0 Å². The third-order valence-corrected chi connectivity index (χ3v) is 2.58. The maximum atomic E-state index is 5.89. The molecule has 3 nitrogen and oxygen atoms in total. The molecule has 0 spiro atoms. The zero-order valence-electron chi connectivity index (χ0n) is 11.4. The van der Waals surface area contributed by atoms with Crippen molar-refractivity contribution in [1.82, 2.24) is 5.32 Å². The van der Waals surface area contributed by atoms with E-state index in [1.807, 2.05) is 12.1 Å². The van der Waals surface area contributed by atoms with Crippen LogP contribution < -0.4 is 5.32 Å². The Hall–Kier alpha value is -0.800. The number of hydrogen-bond acceptors (Lipinski definition) is 3. The highest BCUT2D eigenvalue weighted by Crippen LogP contribution is 2.09. The van der Waals surface area contributed by atoms with Crippen LogP contribution in [0.2, 0.25) is 0 Å². The predicted octanol–water partition coefficient (Wildman–Crippen LogP) is 3.21. The minimum atomic E-state index is 0.235. The summed E-state index contributed by atoms with van der Waals surface area (Å²) in [6, 6.07) is 3.88. The maximum absolute atomic E-state index is 5.89. The van der Waals surface area contributed by atoms with Crippen LogP contribution in [0.1, 0.15) is 39.9 Å². The molecule has 0 aromatic carbocycles. The Morgan fingerprint density at radius 2 is 2.00 bits per heavy atom. The first-order valence-corrected chi connectivity index (χ1v) is 6.46. The van der Waals surface area contributed by atoms with Crippen LogP contribution in [0.25, 0.3) is 0 Å². The minimum absolute atomic E-state index is 0.235. The quantitative estimate of drug-likeness (QED) is 0.756. The van der Waals surface area contributed by atoms with E-state index < -0.39 is 0 Å². The van der Waals surface area contributed by atoms with Gasteiger partial charge in [0.15, 0.2) is 0 Å². The molecule has 2 atom stereocenters. The smallest absolute Gasteiger partial charge is 0.117 e. The summed E-state index contributed by atoms with van der Waals surface area (Å²) in [5.41, 5.74) is 0. The molecule has 2 unspecified atom stereocenters. The second-order valence-electron chi connectivity index (χ2n) is 5.10. The van der Waals surface area contributed by atoms with Gasteiger partial charge in [-0.25, -0.2) is 0 Å². The number of ether oxygens (including phenoxy) is 1. The van der Waals surface area contributed by atoms with Crippen molar-refractivity contribution in [2.45, 2.75) is 52.9 Å². The van der Waals surface area contributed by atoms with Crippen molar-refractivity contribution in [2.24, 2.45) is 5.92 Å². The van der Waals surface area contributed by atoms with E-state index in [1.165, 1.54) is 0 Å². The minimum Gasteiger partial charge on any atom is -0.468 e. The van der Waals surface area contributed by atoms with Crippen molar-refractivity contribution in [1.29, 1.82) is 0 Å². The van der Waals surface area contributed by atoms with E-state index in [2.05, 4.69) is 33.0 Å². The zero-order chi connectivity index (χ0) is 12.7. The van der Waals surface area contributed by atoms with Crippen molar-refractivity contribution in [3.63, 3.8) is 0 Å². The Morgan fingerprint density at radius 1 is 1.24 bits per heavy atom. The van der Waals surface area contributed by atoms with Crippen LogP contribution in [-0.4, -0.2) is 18.8 Å². The zero-order valence-corrected chi connectivity index (χ0v) is 11.4. The summed E-state index contributed by atoms with van der Waals surface area (Å²) in [7, 11) is 0. The van der Waals surface area contributed by atoms with E-state index in [-0.39, 0.29) is 6.10 Å². The molecular weight excluding hydrogens is 214 g/mol. The van der Waals surface area contributed by atoms with Crippen LogP contribution in [0.15, 0.2) is 22.8 Å². The normalized spacial score (nSPS) is 15.1. The van der Waals surface area contributed by atoms with Gasteiger partial charge in [-0.15, -0.1) is 0 Å². The van der Waals surface area contributed by atoms with Crippen molar-refractivity contribution in [2.75, 3.05) is 6.54 Å². The summed E-state index contributed by atoms with van der Waals surface area (Å²) < 4.78 is 11.1. The van der Waals surface area contributed by atoms with Crippen LogP contribution in [-0.2, 0) is 11.3 Å². The SMILES string of the molecule is CC(C)CC(C)OC(C)CNCc1ccco1. The molecule has 0 saturated carbocycles. The maximum Gasteiger partial charge on any atom is 0.117 e. The molecule has 3 heteroatoms. The van der Waals surface area contributed by atoms with Gasteiger partial charge in [-0.2, -0.15) is 0 Å². The van der Waals surface area contributed by atoms with E-state index in [9.17, 15) is 0 Å². The molecule has 0 bridgehead atoms. The summed E-state index contributed by atoms with van der Waals surface area (Å²) in [5.74, 6) is 1.65. The van der Waals surface area contributed by atoms with Gasteiger partial charge >= 0.3 is 0 Å². The molecule has 0 radical (unpaired) electrons. The topological polar surface area (TPSA) is 34.4 Å². The van der Waals surface area contributed by atoms with E-state index in [4.69, 9.17) is 9.15 Å². The highest BCUT2D eigenvalue weighted by Gasteiger charge is 2.10. The fourth-order valence-electron chi connectivity index (χ4n) is 1.98. The average Bonchev–Trinajstić information content (AvgIpc) is 2.68. The number of nitrogens with one attached hydrogen (secondary N) is 1.